The maximum absolute atomic E-state index is 13.8. The molecule has 0 N–H and O–H groups in total. The highest BCUT2D eigenvalue weighted by Gasteiger charge is 2.11. The quantitative estimate of drug-likeness (QED) is 0.712. The monoisotopic (exact) mass is 268 g/mol. The highest BCUT2D eigenvalue weighted by molar-refractivity contribution is 5.83. The minimum atomic E-state index is -0.439. The Morgan fingerprint density at radius 1 is 1.16 bits per heavy atom. The Hall–Kier alpha value is -1.91. The average molecular weight is 268 g/mol. The normalized spacial score (nSPS) is 10.1. The van der Waals surface area contributed by atoms with Gasteiger partial charge in [0.1, 0.15) is 5.78 Å². The number of hydrogen-bond donors (Lipinski definition) is 0. The van der Waals surface area contributed by atoms with E-state index in [1.54, 1.807) is 12.1 Å². The Balaban J connectivity index is 2.48. The van der Waals surface area contributed by atoms with Crippen molar-refractivity contribution in [1.82, 2.24) is 0 Å². The van der Waals surface area contributed by atoms with Crippen LogP contribution in [0.3, 0.4) is 0 Å². The van der Waals surface area contributed by atoms with Gasteiger partial charge in [0, 0.05) is 12.8 Å². The largest absolute Gasteiger partial charge is 0.494 e. The van der Waals surface area contributed by atoms with E-state index >= 15 is 0 Å². The molecule has 0 atom stereocenters. The van der Waals surface area contributed by atoms with Crippen LogP contribution in [-0.2, 0) is 20.7 Å². The zero-order valence-electron chi connectivity index (χ0n) is 11.1. The van der Waals surface area contributed by atoms with Crippen LogP contribution in [0.1, 0.15) is 24.8 Å². The number of aryl methyl sites for hydroxylation is 1. The number of hydrogen-bond acceptors (Lipinski definition) is 4. The second-order valence-corrected chi connectivity index (χ2v) is 4.05. The molecule has 0 unspecified atom stereocenters. The maximum atomic E-state index is 13.8. The first kappa shape index (κ1) is 15.1. The van der Waals surface area contributed by atoms with E-state index in [1.165, 1.54) is 20.3 Å². The summed E-state index contributed by atoms with van der Waals surface area (Å²) in [6.07, 6.45) is 0.679. The van der Waals surface area contributed by atoms with Crippen molar-refractivity contribution in [1.29, 1.82) is 0 Å². The molecule has 0 aliphatic heterocycles. The van der Waals surface area contributed by atoms with Gasteiger partial charge in [0.15, 0.2) is 11.6 Å². The predicted octanol–water partition coefficient (Wildman–Crippen LogP) is 2.29. The van der Waals surface area contributed by atoms with E-state index in [9.17, 15) is 14.0 Å². The third-order valence-electron chi connectivity index (χ3n) is 2.77. The van der Waals surface area contributed by atoms with E-state index in [0.29, 0.717) is 12.0 Å². The molecule has 0 amide bonds. The van der Waals surface area contributed by atoms with E-state index in [4.69, 9.17) is 4.74 Å². The zero-order valence-corrected chi connectivity index (χ0v) is 11.1. The van der Waals surface area contributed by atoms with E-state index in [0.717, 1.165) is 0 Å². The number of carbonyl (C=O) groups excluding carboxylic acids is 2. The van der Waals surface area contributed by atoms with Crippen LogP contribution in [0.2, 0.25) is 0 Å². The van der Waals surface area contributed by atoms with Crippen molar-refractivity contribution in [2.75, 3.05) is 14.2 Å². The van der Waals surface area contributed by atoms with Gasteiger partial charge in [-0.05, 0) is 18.1 Å². The average Bonchev–Trinajstić information content (AvgIpc) is 2.43. The highest BCUT2D eigenvalue weighted by Crippen LogP contribution is 2.21. The van der Waals surface area contributed by atoms with E-state index in [2.05, 4.69) is 4.74 Å². The van der Waals surface area contributed by atoms with Gasteiger partial charge in [-0.1, -0.05) is 12.1 Å². The van der Waals surface area contributed by atoms with Gasteiger partial charge in [-0.15, -0.1) is 0 Å². The minimum absolute atomic E-state index is 0.0654. The van der Waals surface area contributed by atoms with Crippen molar-refractivity contribution in [3.8, 4) is 5.75 Å². The third-order valence-corrected chi connectivity index (χ3v) is 2.77. The Kier molecular flexibility index (Phi) is 5.99. The first-order valence-electron chi connectivity index (χ1n) is 5.98. The molecule has 104 valence electrons. The zero-order chi connectivity index (χ0) is 14.3. The number of ketones is 1. The molecule has 4 nitrogen and oxygen atoms in total. The number of Topliss-reactive ketones (excluding diaryl/α,β-unsaturated/α-hetero) is 1. The summed E-state index contributed by atoms with van der Waals surface area (Å²) in [6, 6.07) is 4.82. The lowest BCUT2D eigenvalue weighted by Gasteiger charge is -2.06. The summed E-state index contributed by atoms with van der Waals surface area (Å²) in [5.74, 6) is -0.779. The molecule has 0 aliphatic carbocycles. The highest BCUT2D eigenvalue weighted by atomic mass is 19.1. The molecule has 1 rings (SSSR count). The van der Waals surface area contributed by atoms with E-state index in [-0.39, 0.29) is 30.8 Å². The van der Waals surface area contributed by atoms with Crippen LogP contribution >= 0.6 is 0 Å². The molecule has 0 bridgehead atoms. The van der Waals surface area contributed by atoms with Crippen molar-refractivity contribution in [3.63, 3.8) is 0 Å². The third kappa shape index (κ3) is 4.69. The fourth-order valence-corrected chi connectivity index (χ4v) is 1.65. The maximum Gasteiger partial charge on any atom is 0.305 e. The Morgan fingerprint density at radius 3 is 2.53 bits per heavy atom. The fraction of sp³-hybridized carbons (Fsp3) is 0.429. The molecule has 0 aliphatic rings. The predicted molar refractivity (Wildman–Crippen MR) is 67.5 cm³/mol. The number of halogens is 1. The van der Waals surface area contributed by atoms with Gasteiger partial charge in [0.05, 0.1) is 20.6 Å². The van der Waals surface area contributed by atoms with Crippen molar-refractivity contribution in [3.05, 3.63) is 29.6 Å². The SMILES string of the molecule is COC(=O)CCC(=O)CCc1cccc(OC)c1F. The fourth-order valence-electron chi connectivity index (χ4n) is 1.65. The number of rotatable bonds is 7. The molecular weight excluding hydrogens is 251 g/mol. The van der Waals surface area contributed by atoms with Gasteiger partial charge < -0.3 is 9.47 Å². The Morgan fingerprint density at radius 2 is 1.89 bits per heavy atom. The van der Waals surface area contributed by atoms with E-state index < -0.39 is 11.8 Å². The standard InChI is InChI=1S/C14H17FO4/c1-18-12-5-3-4-10(14(12)15)6-7-11(16)8-9-13(17)19-2/h3-5H,6-9H2,1-2H3. The minimum Gasteiger partial charge on any atom is -0.494 e. The first-order chi connectivity index (χ1) is 9.08. The molecule has 0 spiro atoms. The van der Waals surface area contributed by atoms with Crippen molar-refractivity contribution < 1.29 is 23.5 Å². The van der Waals surface area contributed by atoms with Crippen LogP contribution < -0.4 is 4.74 Å². The summed E-state index contributed by atoms with van der Waals surface area (Å²) in [6.45, 7) is 0. The van der Waals surface area contributed by atoms with Crippen LogP contribution in [0.25, 0.3) is 0 Å². The molecule has 1 aromatic carbocycles. The topological polar surface area (TPSA) is 52.6 Å². The summed E-state index contributed by atoms with van der Waals surface area (Å²) in [5.41, 5.74) is 0.436. The molecular formula is C14H17FO4. The summed E-state index contributed by atoms with van der Waals surface area (Å²) in [5, 5.41) is 0. The number of carbonyl (C=O) groups is 2. The lowest BCUT2D eigenvalue weighted by atomic mass is 10.0. The van der Waals surface area contributed by atoms with Crippen molar-refractivity contribution >= 4 is 11.8 Å². The summed E-state index contributed by atoms with van der Waals surface area (Å²) < 4.78 is 23.1. The Bertz CT molecular complexity index is 457. The summed E-state index contributed by atoms with van der Waals surface area (Å²) in [4.78, 5) is 22.4. The lowest BCUT2D eigenvalue weighted by Crippen LogP contribution is -2.07. The summed E-state index contributed by atoms with van der Waals surface area (Å²) in [7, 11) is 2.67. The van der Waals surface area contributed by atoms with Gasteiger partial charge >= 0.3 is 5.97 Å². The van der Waals surface area contributed by atoms with Gasteiger partial charge in [-0.3, -0.25) is 9.59 Å². The number of esters is 1. The van der Waals surface area contributed by atoms with Gasteiger partial charge in [0.25, 0.3) is 0 Å². The van der Waals surface area contributed by atoms with Crippen LogP contribution in [0.5, 0.6) is 5.75 Å². The first-order valence-corrected chi connectivity index (χ1v) is 5.98. The molecule has 0 heterocycles. The second kappa shape index (κ2) is 7.51. The van der Waals surface area contributed by atoms with Crippen LogP contribution in [0.15, 0.2) is 18.2 Å². The molecule has 0 fully saturated rings. The molecule has 19 heavy (non-hydrogen) atoms. The molecule has 0 saturated carbocycles. The van der Waals surface area contributed by atoms with Gasteiger partial charge in [-0.25, -0.2) is 4.39 Å². The molecule has 0 radical (unpaired) electrons. The Labute approximate surface area is 111 Å². The van der Waals surface area contributed by atoms with Gasteiger partial charge in [-0.2, -0.15) is 0 Å². The molecule has 5 heteroatoms. The van der Waals surface area contributed by atoms with Crippen molar-refractivity contribution in [2.24, 2.45) is 0 Å². The number of ether oxygens (including phenoxy) is 2. The van der Waals surface area contributed by atoms with Crippen molar-refractivity contribution in [2.45, 2.75) is 25.7 Å². The van der Waals surface area contributed by atoms with Crippen LogP contribution in [0, 0.1) is 5.82 Å². The van der Waals surface area contributed by atoms with Crippen LogP contribution in [-0.4, -0.2) is 26.0 Å². The molecule has 0 saturated heterocycles. The second-order valence-electron chi connectivity index (χ2n) is 4.05. The van der Waals surface area contributed by atoms with Crippen LogP contribution in [0.4, 0.5) is 4.39 Å². The van der Waals surface area contributed by atoms with E-state index in [1.807, 2.05) is 0 Å². The lowest BCUT2D eigenvalue weighted by molar-refractivity contribution is -0.141. The van der Waals surface area contributed by atoms with Gasteiger partial charge in [0.2, 0.25) is 0 Å². The number of methoxy groups -OCH3 is 2. The summed E-state index contributed by atoms with van der Waals surface area (Å²) >= 11 is 0. The molecule has 0 aromatic heterocycles. The molecule has 1 aromatic rings. The smallest absolute Gasteiger partial charge is 0.305 e. The number of benzene rings is 1.